The van der Waals surface area contributed by atoms with Crippen molar-refractivity contribution in [2.24, 2.45) is 0 Å². The Morgan fingerprint density at radius 2 is 1.73 bits per heavy atom. The van der Waals surface area contributed by atoms with Gasteiger partial charge in [0, 0.05) is 6.54 Å². The molecule has 33 heavy (non-hydrogen) atoms. The van der Waals surface area contributed by atoms with Crippen LogP contribution in [0.3, 0.4) is 0 Å². The highest BCUT2D eigenvalue weighted by Gasteiger charge is 2.51. The predicted octanol–water partition coefficient (Wildman–Crippen LogP) is 4.42. The van der Waals surface area contributed by atoms with Crippen LogP contribution in [0.5, 0.6) is 5.75 Å². The van der Waals surface area contributed by atoms with E-state index in [4.69, 9.17) is 4.74 Å². The molecule has 0 saturated carbocycles. The van der Waals surface area contributed by atoms with Gasteiger partial charge in [-0.15, -0.1) is 0 Å². The number of hydrazine groups is 1. The molecule has 1 unspecified atom stereocenters. The average Bonchev–Trinajstić information content (AvgIpc) is 3.08. The van der Waals surface area contributed by atoms with Crippen LogP contribution in [0.2, 0.25) is 0 Å². The van der Waals surface area contributed by atoms with E-state index in [9.17, 15) is 4.79 Å². The molecule has 3 aromatic rings. The molecule has 5 nitrogen and oxygen atoms in total. The third-order valence-electron chi connectivity index (χ3n) is 6.41. The average molecular weight is 444 g/mol. The van der Waals surface area contributed by atoms with E-state index < -0.39 is 5.41 Å². The maximum atomic E-state index is 14.1. The molecule has 0 fully saturated rings. The summed E-state index contributed by atoms with van der Waals surface area (Å²) in [6.07, 6.45) is 2.49. The SMILES string of the molecule is COc1cccc(CCNN2C(=O)C(CCCN(C)C)(c3ccccc3)c3ccccc32)c1. The number of hydrogen-bond acceptors (Lipinski definition) is 4. The van der Waals surface area contributed by atoms with Gasteiger partial charge in [-0.3, -0.25) is 4.79 Å². The summed E-state index contributed by atoms with van der Waals surface area (Å²) >= 11 is 0. The molecule has 1 atom stereocenters. The molecular weight excluding hydrogens is 410 g/mol. The lowest BCUT2D eigenvalue weighted by atomic mass is 9.72. The van der Waals surface area contributed by atoms with E-state index in [2.05, 4.69) is 48.7 Å². The van der Waals surface area contributed by atoms with E-state index in [0.717, 1.165) is 48.4 Å². The number of para-hydroxylation sites is 1. The Bertz CT molecular complexity index is 1080. The number of rotatable bonds is 10. The van der Waals surface area contributed by atoms with Gasteiger partial charge in [0.2, 0.25) is 0 Å². The molecule has 4 rings (SSSR count). The highest BCUT2D eigenvalue weighted by atomic mass is 16.5. The van der Waals surface area contributed by atoms with Crippen LogP contribution in [-0.4, -0.2) is 45.1 Å². The molecular formula is C28H33N3O2. The fraction of sp³-hybridized carbons (Fsp3) is 0.321. The Kier molecular flexibility index (Phi) is 7.11. The summed E-state index contributed by atoms with van der Waals surface area (Å²) in [5, 5.41) is 1.78. The van der Waals surface area contributed by atoms with E-state index in [0.29, 0.717) is 6.54 Å². The second-order valence-corrected chi connectivity index (χ2v) is 8.85. The third-order valence-corrected chi connectivity index (χ3v) is 6.41. The van der Waals surface area contributed by atoms with Gasteiger partial charge in [-0.05, 0) is 74.8 Å². The summed E-state index contributed by atoms with van der Waals surface area (Å²) in [5.41, 5.74) is 6.99. The summed E-state index contributed by atoms with van der Waals surface area (Å²) in [4.78, 5) is 16.3. The molecule has 0 saturated heterocycles. The van der Waals surface area contributed by atoms with Crippen LogP contribution >= 0.6 is 0 Å². The van der Waals surface area contributed by atoms with Crippen molar-refractivity contribution in [3.05, 3.63) is 95.6 Å². The molecule has 5 heteroatoms. The highest BCUT2D eigenvalue weighted by Crippen LogP contribution is 2.48. The molecule has 1 aliphatic rings. The van der Waals surface area contributed by atoms with Gasteiger partial charge in [0.25, 0.3) is 5.91 Å². The van der Waals surface area contributed by atoms with Gasteiger partial charge in [-0.2, -0.15) is 0 Å². The molecule has 1 amide bonds. The summed E-state index contributed by atoms with van der Waals surface area (Å²) in [7, 11) is 5.83. The zero-order valence-corrected chi connectivity index (χ0v) is 19.8. The molecule has 0 aliphatic carbocycles. The Balaban J connectivity index is 1.62. The summed E-state index contributed by atoms with van der Waals surface area (Å²) in [6.45, 7) is 1.59. The maximum absolute atomic E-state index is 14.1. The molecule has 0 aromatic heterocycles. The standard InChI is InChI=1S/C28H33N3O2/c1-30(2)20-10-18-28(23-12-5-4-6-13-23)25-15-7-8-16-26(25)31(27(28)32)29-19-17-22-11-9-14-24(21-22)33-3/h4-9,11-16,21,29H,10,17-20H2,1-3H3. The summed E-state index contributed by atoms with van der Waals surface area (Å²) in [6, 6.07) is 26.5. The van der Waals surface area contributed by atoms with Crippen molar-refractivity contribution < 1.29 is 9.53 Å². The molecule has 1 heterocycles. The van der Waals surface area contributed by atoms with Crippen molar-refractivity contribution in [1.82, 2.24) is 10.3 Å². The first kappa shape index (κ1) is 23.0. The third kappa shape index (κ3) is 4.65. The Labute approximate surface area is 197 Å². The number of fused-ring (bicyclic) bond motifs is 1. The number of benzene rings is 3. The van der Waals surface area contributed by atoms with Crippen molar-refractivity contribution in [2.75, 3.05) is 39.3 Å². The maximum Gasteiger partial charge on any atom is 0.256 e. The minimum atomic E-state index is -0.684. The lowest BCUT2D eigenvalue weighted by Gasteiger charge is -2.30. The van der Waals surface area contributed by atoms with E-state index in [-0.39, 0.29) is 5.91 Å². The number of carbonyl (C=O) groups is 1. The topological polar surface area (TPSA) is 44.8 Å². The van der Waals surface area contributed by atoms with Crippen LogP contribution in [0.15, 0.2) is 78.9 Å². The molecule has 172 valence electrons. The van der Waals surface area contributed by atoms with Crippen LogP contribution in [0, 0.1) is 0 Å². The summed E-state index contributed by atoms with van der Waals surface area (Å²) in [5.74, 6) is 0.943. The van der Waals surface area contributed by atoms with Gasteiger partial charge >= 0.3 is 0 Å². The number of nitrogens with zero attached hydrogens (tertiary/aromatic N) is 2. The minimum Gasteiger partial charge on any atom is -0.497 e. The van der Waals surface area contributed by atoms with Gasteiger partial charge in [0.1, 0.15) is 11.2 Å². The van der Waals surface area contributed by atoms with Crippen LogP contribution in [0.1, 0.15) is 29.5 Å². The number of anilines is 1. The molecule has 1 aliphatic heterocycles. The number of methoxy groups -OCH3 is 1. The number of hydrogen-bond donors (Lipinski definition) is 1. The molecule has 1 N–H and O–H groups in total. The van der Waals surface area contributed by atoms with Crippen LogP contribution in [0.4, 0.5) is 5.69 Å². The van der Waals surface area contributed by atoms with Gasteiger partial charge in [-0.1, -0.05) is 60.7 Å². The van der Waals surface area contributed by atoms with Crippen molar-refractivity contribution in [2.45, 2.75) is 24.7 Å². The number of carbonyl (C=O) groups excluding carboxylic acids is 1. The lowest BCUT2D eigenvalue weighted by Crippen LogP contribution is -2.48. The first-order chi connectivity index (χ1) is 16.1. The van der Waals surface area contributed by atoms with Crippen molar-refractivity contribution >= 4 is 11.6 Å². The quantitative estimate of drug-likeness (QED) is 0.504. The molecule has 0 bridgehead atoms. The van der Waals surface area contributed by atoms with Crippen molar-refractivity contribution in [3.63, 3.8) is 0 Å². The van der Waals surface area contributed by atoms with E-state index in [1.807, 2.05) is 54.6 Å². The van der Waals surface area contributed by atoms with Crippen LogP contribution in [0.25, 0.3) is 0 Å². The second-order valence-electron chi connectivity index (χ2n) is 8.85. The Hall–Kier alpha value is -3.15. The van der Waals surface area contributed by atoms with Gasteiger partial charge in [0.05, 0.1) is 12.8 Å². The van der Waals surface area contributed by atoms with E-state index in [1.54, 1.807) is 12.1 Å². The zero-order chi connectivity index (χ0) is 23.3. The monoisotopic (exact) mass is 443 g/mol. The second kappa shape index (κ2) is 10.2. The van der Waals surface area contributed by atoms with Gasteiger partial charge < -0.3 is 9.64 Å². The fourth-order valence-corrected chi connectivity index (χ4v) is 4.79. The normalized spacial score (nSPS) is 17.5. The van der Waals surface area contributed by atoms with E-state index >= 15 is 0 Å². The highest BCUT2D eigenvalue weighted by molar-refractivity contribution is 6.09. The first-order valence-corrected chi connectivity index (χ1v) is 11.6. The first-order valence-electron chi connectivity index (χ1n) is 11.6. The Morgan fingerprint density at radius 3 is 2.48 bits per heavy atom. The van der Waals surface area contributed by atoms with Crippen LogP contribution in [-0.2, 0) is 16.6 Å². The van der Waals surface area contributed by atoms with Crippen LogP contribution < -0.4 is 15.2 Å². The number of amides is 1. The molecule has 0 radical (unpaired) electrons. The fourth-order valence-electron chi connectivity index (χ4n) is 4.79. The van der Waals surface area contributed by atoms with E-state index in [1.165, 1.54) is 5.56 Å². The molecule has 3 aromatic carbocycles. The zero-order valence-electron chi connectivity index (χ0n) is 19.8. The minimum absolute atomic E-state index is 0.0966. The summed E-state index contributed by atoms with van der Waals surface area (Å²) < 4.78 is 5.34. The van der Waals surface area contributed by atoms with Gasteiger partial charge in [-0.25, -0.2) is 10.4 Å². The number of nitrogens with one attached hydrogen (secondary N) is 1. The van der Waals surface area contributed by atoms with Crippen molar-refractivity contribution in [3.8, 4) is 5.75 Å². The van der Waals surface area contributed by atoms with Crippen molar-refractivity contribution in [1.29, 1.82) is 0 Å². The largest absolute Gasteiger partial charge is 0.497 e. The van der Waals surface area contributed by atoms with Gasteiger partial charge in [0.15, 0.2) is 0 Å². The Morgan fingerprint density at radius 1 is 0.970 bits per heavy atom. The number of ether oxygens (including phenoxy) is 1. The molecule has 0 spiro atoms. The lowest BCUT2D eigenvalue weighted by molar-refractivity contribution is -0.122. The predicted molar refractivity (Wildman–Crippen MR) is 134 cm³/mol. The smallest absolute Gasteiger partial charge is 0.256 e.